The minimum Gasteiger partial charge on any atom is -0.376 e. The molecule has 0 atom stereocenters. The predicted octanol–water partition coefficient (Wildman–Crippen LogP) is 2.75. The number of allylic oxidation sites excluding steroid dienone is 1. The van der Waals surface area contributed by atoms with Crippen molar-refractivity contribution in [3.63, 3.8) is 0 Å². The highest BCUT2D eigenvalue weighted by molar-refractivity contribution is 9.09. The van der Waals surface area contributed by atoms with Gasteiger partial charge in [0.05, 0.1) is 0 Å². The Kier molecular flexibility index (Phi) is 4.62. The largest absolute Gasteiger partial charge is 0.376 e. The van der Waals surface area contributed by atoms with Crippen LogP contribution in [0.3, 0.4) is 0 Å². The van der Waals surface area contributed by atoms with Crippen molar-refractivity contribution < 1.29 is 0 Å². The van der Waals surface area contributed by atoms with Crippen LogP contribution in [0.1, 0.15) is 5.56 Å². The average Bonchev–Trinajstić information content (AvgIpc) is 2.14. The molecule has 0 radical (unpaired) electrons. The van der Waals surface area contributed by atoms with Crippen molar-refractivity contribution in [3.8, 4) is 0 Å². The summed E-state index contributed by atoms with van der Waals surface area (Å²) >= 11 is 8.07. The van der Waals surface area contributed by atoms with Crippen LogP contribution in [0.2, 0.25) is 0 Å². The monoisotopic (exact) mass is 270 g/mol. The Labute approximate surface area is 97.3 Å². The molecule has 0 saturated heterocycles. The van der Waals surface area contributed by atoms with E-state index in [1.807, 2.05) is 36.4 Å². The lowest BCUT2D eigenvalue weighted by atomic mass is 10.2. The third-order valence-electron chi connectivity index (χ3n) is 1.55. The summed E-state index contributed by atoms with van der Waals surface area (Å²) in [5, 5.41) is 4.02. The Morgan fingerprint density at radius 1 is 1.57 bits per heavy atom. The van der Waals surface area contributed by atoms with Crippen LogP contribution >= 0.6 is 28.1 Å². The summed E-state index contributed by atoms with van der Waals surface area (Å²) in [6, 6.07) is 7.88. The van der Waals surface area contributed by atoms with Crippen molar-refractivity contribution in [2.45, 2.75) is 0 Å². The predicted molar refractivity (Wildman–Crippen MR) is 69.7 cm³/mol. The summed E-state index contributed by atoms with van der Waals surface area (Å²) in [5.74, 6) is 0. The molecule has 1 rings (SSSR count). The van der Waals surface area contributed by atoms with Crippen LogP contribution in [0.4, 0.5) is 5.69 Å². The van der Waals surface area contributed by atoms with Crippen molar-refractivity contribution in [3.05, 3.63) is 35.9 Å². The maximum atomic E-state index is 5.37. The van der Waals surface area contributed by atoms with Crippen molar-refractivity contribution >= 4 is 45.0 Å². The molecule has 0 bridgehead atoms. The van der Waals surface area contributed by atoms with Crippen LogP contribution in [0, 0.1) is 0 Å². The minimum absolute atomic E-state index is 0.284. The van der Waals surface area contributed by atoms with Gasteiger partial charge in [-0.3, -0.25) is 0 Å². The quantitative estimate of drug-likeness (QED) is 0.655. The number of hydrogen-bond donors (Lipinski definition) is 2. The molecule has 14 heavy (non-hydrogen) atoms. The highest BCUT2D eigenvalue weighted by Crippen LogP contribution is 2.11. The second-order valence-corrected chi connectivity index (χ2v) is 3.76. The van der Waals surface area contributed by atoms with E-state index in [1.54, 1.807) is 0 Å². The Morgan fingerprint density at radius 3 is 3.00 bits per heavy atom. The number of hydrogen-bond acceptors (Lipinski definition) is 1. The van der Waals surface area contributed by atoms with Gasteiger partial charge < -0.3 is 11.1 Å². The van der Waals surface area contributed by atoms with E-state index in [0.29, 0.717) is 0 Å². The summed E-state index contributed by atoms with van der Waals surface area (Å²) in [6.45, 7) is 0. The fourth-order valence-corrected chi connectivity index (χ4v) is 1.35. The van der Waals surface area contributed by atoms with E-state index < -0.39 is 0 Å². The number of anilines is 1. The zero-order valence-electron chi connectivity index (χ0n) is 7.53. The Balaban J connectivity index is 2.78. The van der Waals surface area contributed by atoms with Crippen LogP contribution < -0.4 is 11.1 Å². The first kappa shape index (κ1) is 11.2. The summed E-state index contributed by atoms with van der Waals surface area (Å²) < 4.78 is 0. The Bertz CT molecular complexity index is 350. The van der Waals surface area contributed by atoms with Gasteiger partial charge in [0.25, 0.3) is 0 Å². The topological polar surface area (TPSA) is 38.0 Å². The number of rotatable bonds is 3. The van der Waals surface area contributed by atoms with E-state index in [-0.39, 0.29) is 5.11 Å². The van der Waals surface area contributed by atoms with Gasteiger partial charge in [-0.25, -0.2) is 0 Å². The molecule has 1 aromatic carbocycles. The highest BCUT2D eigenvalue weighted by atomic mass is 79.9. The molecule has 0 amide bonds. The second kappa shape index (κ2) is 5.78. The van der Waals surface area contributed by atoms with E-state index in [2.05, 4.69) is 21.2 Å². The lowest BCUT2D eigenvalue weighted by Crippen LogP contribution is -2.18. The molecule has 3 N–H and O–H groups in total. The highest BCUT2D eigenvalue weighted by Gasteiger charge is 1.93. The third kappa shape index (κ3) is 3.89. The molecular formula is C10H11BrN2S. The molecular weight excluding hydrogens is 260 g/mol. The van der Waals surface area contributed by atoms with Crippen molar-refractivity contribution in [2.75, 3.05) is 10.6 Å². The van der Waals surface area contributed by atoms with Crippen molar-refractivity contribution in [1.82, 2.24) is 0 Å². The van der Waals surface area contributed by atoms with E-state index in [4.69, 9.17) is 18.0 Å². The van der Waals surface area contributed by atoms with Crippen LogP contribution in [-0.4, -0.2) is 10.4 Å². The molecule has 0 aliphatic rings. The molecule has 2 nitrogen and oxygen atoms in total. The SMILES string of the molecule is NC(=S)Nc1cccc(C=CCBr)c1. The van der Waals surface area contributed by atoms with Crippen LogP contribution in [0.5, 0.6) is 0 Å². The lowest BCUT2D eigenvalue weighted by Gasteiger charge is -2.03. The summed E-state index contributed by atoms with van der Waals surface area (Å²) in [4.78, 5) is 0. The van der Waals surface area contributed by atoms with E-state index in [1.165, 1.54) is 0 Å². The number of thiocarbonyl (C=S) groups is 1. The molecule has 74 valence electrons. The fourth-order valence-electron chi connectivity index (χ4n) is 1.04. The van der Waals surface area contributed by atoms with Gasteiger partial charge in [-0.2, -0.15) is 0 Å². The molecule has 0 aliphatic carbocycles. The number of nitrogens with one attached hydrogen (secondary N) is 1. The van der Waals surface area contributed by atoms with Crippen LogP contribution in [0.25, 0.3) is 6.08 Å². The van der Waals surface area contributed by atoms with Gasteiger partial charge in [0.15, 0.2) is 5.11 Å². The standard InChI is InChI=1S/C10H11BrN2S/c11-6-2-4-8-3-1-5-9(7-8)13-10(12)14/h1-5,7H,6H2,(H3,12,13,14). The zero-order valence-corrected chi connectivity index (χ0v) is 9.94. The van der Waals surface area contributed by atoms with E-state index >= 15 is 0 Å². The van der Waals surface area contributed by atoms with Crippen molar-refractivity contribution in [1.29, 1.82) is 0 Å². The van der Waals surface area contributed by atoms with Gasteiger partial charge >= 0.3 is 0 Å². The van der Waals surface area contributed by atoms with E-state index in [9.17, 15) is 0 Å². The average molecular weight is 271 g/mol. The first-order chi connectivity index (χ1) is 6.72. The number of nitrogens with two attached hydrogens (primary N) is 1. The first-order valence-electron chi connectivity index (χ1n) is 4.11. The van der Waals surface area contributed by atoms with Gasteiger partial charge in [-0.05, 0) is 29.9 Å². The smallest absolute Gasteiger partial charge is 0.168 e. The van der Waals surface area contributed by atoms with Gasteiger partial charge in [-0.1, -0.05) is 40.2 Å². The van der Waals surface area contributed by atoms with Crippen LogP contribution in [0.15, 0.2) is 30.3 Å². The van der Waals surface area contributed by atoms with Gasteiger partial charge in [-0.15, -0.1) is 0 Å². The number of benzene rings is 1. The molecule has 4 heteroatoms. The number of alkyl halides is 1. The normalized spacial score (nSPS) is 10.4. The number of halogens is 1. The minimum atomic E-state index is 0.284. The van der Waals surface area contributed by atoms with Gasteiger partial charge in [0, 0.05) is 11.0 Å². The molecule has 0 heterocycles. The molecule has 0 fully saturated rings. The lowest BCUT2D eigenvalue weighted by molar-refractivity contribution is 1.58. The third-order valence-corrected chi connectivity index (χ3v) is 2.03. The molecule has 0 spiro atoms. The summed E-state index contributed by atoms with van der Waals surface area (Å²) in [7, 11) is 0. The van der Waals surface area contributed by atoms with Crippen molar-refractivity contribution in [2.24, 2.45) is 5.73 Å². The maximum Gasteiger partial charge on any atom is 0.168 e. The molecule has 1 aromatic rings. The van der Waals surface area contributed by atoms with Gasteiger partial charge in [0.1, 0.15) is 0 Å². The second-order valence-electron chi connectivity index (χ2n) is 2.67. The molecule has 0 unspecified atom stereocenters. The molecule has 0 saturated carbocycles. The van der Waals surface area contributed by atoms with E-state index in [0.717, 1.165) is 16.6 Å². The Morgan fingerprint density at radius 2 is 2.36 bits per heavy atom. The molecule has 0 aromatic heterocycles. The maximum absolute atomic E-state index is 5.37. The summed E-state index contributed by atoms with van der Waals surface area (Å²) in [5.41, 5.74) is 7.40. The first-order valence-corrected chi connectivity index (χ1v) is 5.64. The zero-order chi connectivity index (χ0) is 10.4. The van der Waals surface area contributed by atoms with Gasteiger partial charge in [0.2, 0.25) is 0 Å². The fraction of sp³-hybridized carbons (Fsp3) is 0.100. The van der Waals surface area contributed by atoms with Crippen LogP contribution in [-0.2, 0) is 0 Å². The molecule has 0 aliphatic heterocycles. The Hall–Kier alpha value is -0.870. The summed E-state index contributed by atoms with van der Waals surface area (Å²) in [6.07, 6.45) is 4.05.